The summed E-state index contributed by atoms with van der Waals surface area (Å²) >= 11 is 0. The van der Waals surface area contributed by atoms with E-state index in [1.165, 1.54) is 0 Å². The van der Waals surface area contributed by atoms with Crippen LogP contribution in [0.5, 0.6) is 11.5 Å². The fraction of sp³-hybridized carbons (Fsp3) is 0.346. The highest BCUT2D eigenvalue weighted by molar-refractivity contribution is 6.00. The maximum atomic E-state index is 12.7. The molecule has 0 amide bonds. The number of fused-ring (bicyclic) bond motifs is 1. The Kier molecular flexibility index (Phi) is 10.5. The van der Waals surface area contributed by atoms with Crippen LogP contribution in [0.15, 0.2) is 60.7 Å². The molecular weight excluding hydrogens is 426 g/mol. The van der Waals surface area contributed by atoms with E-state index in [1.807, 2.05) is 60.7 Å². The van der Waals surface area contributed by atoms with Crippen LogP contribution in [0.3, 0.4) is 0 Å². The van der Waals surface area contributed by atoms with Crippen molar-refractivity contribution in [3.63, 3.8) is 0 Å². The fourth-order valence-corrected chi connectivity index (χ4v) is 3.44. The average Bonchev–Trinajstić information content (AvgIpc) is 2.81. The second-order valence-electron chi connectivity index (χ2n) is 7.64. The van der Waals surface area contributed by atoms with Gasteiger partial charge in [-0.15, -0.1) is 12.4 Å². The van der Waals surface area contributed by atoms with Crippen molar-refractivity contribution in [2.75, 3.05) is 26.8 Å². The molecule has 0 fully saturated rings. The van der Waals surface area contributed by atoms with Crippen LogP contribution in [-0.4, -0.2) is 43.8 Å². The van der Waals surface area contributed by atoms with Crippen LogP contribution in [0.1, 0.15) is 35.7 Å². The average molecular weight is 458 g/mol. The predicted octanol–water partition coefficient (Wildman–Crippen LogP) is 4.83. The molecular formula is C26H32ClNO4. The van der Waals surface area contributed by atoms with Crippen molar-refractivity contribution in [1.82, 2.24) is 5.32 Å². The Balaban J connectivity index is 0.00000363. The van der Waals surface area contributed by atoms with E-state index in [0.717, 1.165) is 34.9 Å². The number of benzene rings is 3. The van der Waals surface area contributed by atoms with Gasteiger partial charge in [0.15, 0.2) is 17.3 Å². The van der Waals surface area contributed by atoms with Crippen LogP contribution in [0.2, 0.25) is 0 Å². The number of rotatable bonds is 12. The molecule has 0 saturated heterocycles. The van der Waals surface area contributed by atoms with Crippen molar-refractivity contribution >= 4 is 29.0 Å². The monoisotopic (exact) mass is 457 g/mol. The number of aliphatic hydroxyl groups excluding tert-OH is 1. The van der Waals surface area contributed by atoms with Crippen molar-refractivity contribution in [2.45, 2.75) is 32.3 Å². The van der Waals surface area contributed by atoms with Crippen molar-refractivity contribution in [2.24, 2.45) is 0 Å². The predicted molar refractivity (Wildman–Crippen MR) is 132 cm³/mol. The molecule has 6 heteroatoms. The molecule has 1 unspecified atom stereocenters. The van der Waals surface area contributed by atoms with E-state index in [9.17, 15) is 9.90 Å². The van der Waals surface area contributed by atoms with Gasteiger partial charge in [0.2, 0.25) is 0 Å². The zero-order valence-electron chi connectivity index (χ0n) is 18.7. The van der Waals surface area contributed by atoms with Crippen LogP contribution in [0.25, 0.3) is 10.8 Å². The van der Waals surface area contributed by atoms with Gasteiger partial charge >= 0.3 is 0 Å². The van der Waals surface area contributed by atoms with Crippen molar-refractivity contribution < 1.29 is 19.4 Å². The van der Waals surface area contributed by atoms with E-state index in [-0.39, 0.29) is 24.8 Å². The fourth-order valence-electron chi connectivity index (χ4n) is 3.44. The summed E-state index contributed by atoms with van der Waals surface area (Å²) in [6.07, 6.45) is 1.43. The lowest BCUT2D eigenvalue weighted by molar-refractivity contribution is 0.0983. The minimum Gasteiger partial charge on any atom is -0.493 e. The maximum absolute atomic E-state index is 12.7. The van der Waals surface area contributed by atoms with E-state index in [0.29, 0.717) is 30.9 Å². The van der Waals surface area contributed by atoms with Gasteiger partial charge in [0.1, 0.15) is 12.7 Å². The Morgan fingerprint density at radius 2 is 1.81 bits per heavy atom. The van der Waals surface area contributed by atoms with Gasteiger partial charge in [0.25, 0.3) is 0 Å². The Hall–Kier alpha value is -2.60. The quantitative estimate of drug-likeness (QED) is 0.301. The van der Waals surface area contributed by atoms with E-state index in [2.05, 4.69) is 12.2 Å². The summed E-state index contributed by atoms with van der Waals surface area (Å²) in [5, 5.41) is 15.4. The second kappa shape index (κ2) is 13.1. The molecule has 2 N–H and O–H groups in total. The molecule has 5 nitrogen and oxygen atoms in total. The minimum absolute atomic E-state index is 0. The third-order valence-corrected chi connectivity index (χ3v) is 5.18. The van der Waals surface area contributed by atoms with Crippen LogP contribution in [0.4, 0.5) is 0 Å². The molecule has 0 aliphatic rings. The molecule has 1 atom stereocenters. The van der Waals surface area contributed by atoms with Crippen LogP contribution in [-0.2, 0) is 6.42 Å². The van der Waals surface area contributed by atoms with E-state index in [4.69, 9.17) is 9.47 Å². The molecule has 0 aromatic heterocycles. The molecule has 3 rings (SSSR count). The molecule has 0 aliphatic carbocycles. The van der Waals surface area contributed by atoms with Gasteiger partial charge in [0, 0.05) is 18.5 Å². The molecule has 3 aromatic carbocycles. The lowest BCUT2D eigenvalue weighted by Gasteiger charge is -2.16. The third kappa shape index (κ3) is 7.23. The molecule has 0 radical (unpaired) electrons. The SMILES string of the molecule is CCCNCC(O)COc1cc(CCC(=O)c2ccc3ccccc3c2)ccc1OC.Cl. The number of nitrogens with one attached hydrogen (secondary N) is 1. The number of methoxy groups -OCH3 is 1. The molecule has 3 aromatic rings. The molecule has 0 saturated carbocycles. The first-order valence-corrected chi connectivity index (χ1v) is 10.8. The highest BCUT2D eigenvalue weighted by Crippen LogP contribution is 2.29. The number of halogens is 1. The number of Topliss-reactive ketones (excluding diaryl/α,β-unsaturated/α-hetero) is 1. The second-order valence-corrected chi connectivity index (χ2v) is 7.64. The number of aliphatic hydroxyl groups is 1. The van der Waals surface area contributed by atoms with Crippen molar-refractivity contribution in [1.29, 1.82) is 0 Å². The number of ether oxygens (including phenoxy) is 2. The van der Waals surface area contributed by atoms with Gasteiger partial charge in [-0.1, -0.05) is 49.4 Å². The third-order valence-electron chi connectivity index (χ3n) is 5.18. The summed E-state index contributed by atoms with van der Waals surface area (Å²) in [5.41, 5.74) is 1.72. The first-order chi connectivity index (χ1) is 15.1. The number of aryl methyl sites for hydroxylation is 1. The summed E-state index contributed by atoms with van der Waals surface area (Å²) in [6.45, 7) is 3.60. The normalized spacial score (nSPS) is 11.6. The van der Waals surface area contributed by atoms with Gasteiger partial charge < -0.3 is 19.9 Å². The smallest absolute Gasteiger partial charge is 0.163 e. The van der Waals surface area contributed by atoms with Gasteiger partial charge in [-0.3, -0.25) is 4.79 Å². The van der Waals surface area contributed by atoms with E-state index < -0.39 is 6.10 Å². The Labute approximate surface area is 196 Å². The van der Waals surface area contributed by atoms with Gasteiger partial charge in [-0.25, -0.2) is 0 Å². The lowest BCUT2D eigenvalue weighted by Crippen LogP contribution is -2.31. The summed E-state index contributed by atoms with van der Waals surface area (Å²) in [4.78, 5) is 12.7. The Morgan fingerprint density at radius 1 is 1.03 bits per heavy atom. The zero-order chi connectivity index (χ0) is 22.1. The lowest BCUT2D eigenvalue weighted by atomic mass is 10.00. The summed E-state index contributed by atoms with van der Waals surface area (Å²) in [6, 6.07) is 19.5. The molecule has 172 valence electrons. The van der Waals surface area contributed by atoms with Crippen molar-refractivity contribution in [3.05, 3.63) is 71.8 Å². The Morgan fingerprint density at radius 3 is 2.56 bits per heavy atom. The highest BCUT2D eigenvalue weighted by Gasteiger charge is 2.12. The number of hydrogen-bond acceptors (Lipinski definition) is 5. The first kappa shape index (κ1) is 25.7. The van der Waals surface area contributed by atoms with Gasteiger partial charge in [-0.05, 0) is 53.9 Å². The summed E-state index contributed by atoms with van der Waals surface area (Å²) < 4.78 is 11.2. The van der Waals surface area contributed by atoms with Crippen LogP contribution in [0, 0.1) is 0 Å². The maximum Gasteiger partial charge on any atom is 0.163 e. The molecule has 0 spiro atoms. The number of ketones is 1. The molecule has 0 heterocycles. The van der Waals surface area contributed by atoms with Crippen molar-refractivity contribution in [3.8, 4) is 11.5 Å². The standard InChI is InChI=1S/C26H31NO4.ClH/c1-3-14-27-17-23(28)18-31-26-15-19(9-13-25(26)30-2)8-12-24(29)22-11-10-20-6-4-5-7-21(20)16-22;/h4-7,9-11,13,15-16,23,27-28H,3,8,12,14,17-18H2,1-2H3;1H. The van der Waals surface area contributed by atoms with Crippen LogP contribution >= 0.6 is 12.4 Å². The van der Waals surface area contributed by atoms with E-state index >= 15 is 0 Å². The van der Waals surface area contributed by atoms with E-state index in [1.54, 1.807) is 7.11 Å². The molecule has 0 bridgehead atoms. The highest BCUT2D eigenvalue weighted by atomic mass is 35.5. The topological polar surface area (TPSA) is 67.8 Å². The largest absolute Gasteiger partial charge is 0.493 e. The minimum atomic E-state index is -0.602. The Bertz CT molecular complexity index is 1010. The number of carbonyl (C=O) groups excluding carboxylic acids is 1. The number of hydrogen-bond donors (Lipinski definition) is 2. The van der Waals surface area contributed by atoms with Gasteiger partial charge in [-0.2, -0.15) is 0 Å². The van der Waals surface area contributed by atoms with Crippen LogP contribution < -0.4 is 14.8 Å². The summed E-state index contributed by atoms with van der Waals surface area (Å²) in [5.74, 6) is 1.30. The molecule has 0 aliphatic heterocycles. The zero-order valence-corrected chi connectivity index (χ0v) is 19.5. The first-order valence-electron chi connectivity index (χ1n) is 10.8. The van der Waals surface area contributed by atoms with Gasteiger partial charge in [0.05, 0.1) is 7.11 Å². The molecule has 32 heavy (non-hydrogen) atoms. The summed E-state index contributed by atoms with van der Waals surface area (Å²) in [7, 11) is 1.59. The number of carbonyl (C=O) groups is 1.